The molecule has 1 rings (SSSR count). The number of thioether (sulfide) groups is 1. The summed E-state index contributed by atoms with van der Waals surface area (Å²) in [6.45, 7) is 4.96. The van der Waals surface area contributed by atoms with Gasteiger partial charge in [0.05, 0.1) is 13.2 Å². The van der Waals surface area contributed by atoms with Crippen molar-refractivity contribution in [2.75, 3.05) is 45.4 Å². The highest BCUT2D eigenvalue weighted by molar-refractivity contribution is 7.98. The Morgan fingerprint density at radius 2 is 2.31 bits per heavy atom. The summed E-state index contributed by atoms with van der Waals surface area (Å²) in [5.74, 6) is 1.20. The van der Waals surface area contributed by atoms with E-state index in [0.29, 0.717) is 12.6 Å². The third-order valence-corrected chi connectivity index (χ3v) is 4.24. The molecule has 0 aromatic heterocycles. The summed E-state index contributed by atoms with van der Waals surface area (Å²) in [6, 6.07) is 0.580. The second kappa shape index (κ2) is 6.84. The number of hydrogen-bond acceptors (Lipinski definition) is 4. The van der Waals surface area contributed by atoms with Crippen molar-refractivity contribution in [1.29, 1.82) is 0 Å². The maximum Gasteiger partial charge on any atom is 0.0557 e. The van der Waals surface area contributed by atoms with Gasteiger partial charge in [-0.25, -0.2) is 0 Å². The van der Waals surface area contributed by atoms with Crippen molar-refractivity contribution in [2.45, 2.75) is 25.8 Å². The predicted octanol–water partition coefficient (Wildman–Crippen LogP) is 1.46. The fourth-order valence-electron chi connectivity index (χ4n) is 2.14. The summed E-state index contributed by atoms with van der Waals surface area (Å²) in [5, 5.41) is 9.51. The van der Waals surface area contributed by atoms with Gasteiger partial charge in [0.1, 0.15) is 0 Å². The van der Waals surface area contributed by atoms with Gasteiger partial charge in [0.25, 0.3) is 0 Å². The van der Waals surface area contributed by atoms with E-state index in [1.54, 1.807) is 0 Å². The smallest absolute Gasteiger partial charge is 0.0557 e. The summed E-state index contributed by atoms with van der Waals surface area (Å²) < 4.78 is 5.42. The molecule has 1 heterocycles. The van der Waals surface area contributed by atoms with Gasteiger partial charge in [-0.15, -0.1) is 0 Å². The summed E-state index contributed by atoms with van der Waals surface area (Å²) in [7, 11) is 2.15. The summed E-state index contributed by atoms with van der Waals surface area (Å²) in [6.07, 6.45) is 4.34. The van der Waals surface area contributed by atoms with Gasteiger partial charge in [-0.1, -0.05) is 0 Å². The van der Waals surface area contributed by atoms with Crippen molar-refractivity contribution < 1.29 is 9.84 Å². The van der Waals surface area contributed by atoms with Crippen LogP contribution in [0.5, 0.6) is 0 Å². The molecular weight excluding hydrogens is 222 g/mol. The fourth-order valence-corrected chi connectivity index (χ4v) is 2.72. The number of aliphatic hydroxyl groups excluding tert-OH is 1. The van der Waals surface area contributed by atoms with Crippen molar-refractivity contribution in [2.24, 2.45) is 5.41 Å². The van der Waals surface area contributed by atoms with Gasteiger partial charge in [-0.3, -0.25) is 0 Å². The van der Waals surface area contributed by atoms with E-state index in [0.717, 1.165) is 19.6 Å². The van der Waals surface area contributed by atoms with Crippen LogP contribution in [-0.4, -0.2) is 61.5 Å². The molecule has 1 fully saturated rings. The quantitative estimate of drug-likeness (QED) is 0.738. The molecule has 1 aliphatic heterocycles. The molecular formula is C12H25NO2S. The van der Waals surface area contributed by atoms with E-state index >= 15 is 0 Å². The topological polar surface area (TPSA) is 32.7 Å². The Morgan fingerprint density at radius 3 is 2.81 bits per heavy atom. The Balaban J connectivity index is 2.38. The Kier molecular flexibility index (Phi) is 6.11. The van der Waals surface area contributed by atoms with Gasteiger partial charge in [0, 0.05) is 24.6 Å². The van der Waals surface area contributed by atoms with Crippen molar-refractivity contribution in [1.82, 2.24) is 4.90 Å². The lowest BCUT2D eigenvalue weighted by atomic mass is 9.87. The van der Waals surface area contributed by atoms with Crippen molar-refractivity contribution in [3.8, 4) is 0 Å². The number of rotatable bonds is 7. The molecule has 0 aromatic carbocycles. The van der Waals surface area contributed by atoms with Gasteiger partial charge in [-0.05, 0) is 38.8 Å². The number of ether oxygens (including phenoxy) is 1. The SMILES string of the molecule is CSCCC(C)N(C)CC1(CO)CCOC1. The minimum atomic E-state index is -0.0115. The van der Waals surface area contributed by atoms with Crippen molar-refractivity contribution >= 4 is 11.8 Å². The van der Waals surface area contributed by atoms with E-state index < -0.39 is 0 Å². The maximum absolute atomic E-state index is 9.51. The van der Waals surface area contributed by atoms with E-state index in [-0.39, 0.29) is 12.0 Å². The first-order valence-electron chi connectivity index (χ1n) is 6.01. The Labute approximate surface area is 104 Å². The van der Waals surface area contributed by atoms with Crippen molar-refractivity contribution in [3.05, 3.63) is 0 Å². The van der Waals surface area contributed by atoms with Crippen LogP contribution in [0.2, 0.25) is 0 Å². The lowest BCUT2D eigenvalue weighted by Gasteiger charge is -2.34. The third kappa shape index (κ3) is 3.91. The largest absolute Gasteiger partial charge is 0.396 e. The van der Waals surface area contributed by atoms with Crippen molar-refractivity contribution in [3.63, 3.8) is 0 Å². The van der Waals surface area contributed by atoms with Crippen LogP contribution in [-0.2, 0) is 4.74 Å². The molecule has 0 aliphatic carbocycles. The van der Waals surface area contributed by atoms with E-state index in [4.69, 9.17) is 4.74 Å². The van der Waals surface area contributed by atoms with E-state index in [9.17, 15) is 5.11 Å². The molecule has 0 bridgehead atoms. The van der Waals surface area contributed by atoms with Crippen LogP contribution in [0.1, 0.15) is 19.8 Å². The van der Waals surface area contributed by atoms with E-state index in [2.05, 4.69) is 25.1 Å². The standard InChI is InChI=1S/C12H25NO2S/c1-11(4-7-16-3)13(2)8-12(9-14)5-6-15-10-12/h11,14H,4-10H2,1-3H3. The molecule has 1 aliphatic rings. The molecule has 1 N–H and O–H groups in total. The number of nitrogens with zero attached hydrogens (tertiary/aromatic N) is 1. The molecule has 1 saturated heterocycles. The van der Waals surface area contributed by atoms with E-state index in [1.165, 1.54) is 12.2 Å². The second-order valence-electron chi connectivity index (χ2n) is 5.01. The van der Waals surface area contributed by atoms with Gasteiger partial charge < -0.3 is 14.7 Å². The average Bonchev–Trinajstić information content (AvgIpc) is 2.75. The first-order valence-corrected chi connectivity index (χ1v) is 7.41. The second-order valence-corrected chi connectivity index (χ2v) is 5.99. The highest BCUT2D eigenvalue weighted by Gasteiger charge is 2.36. The monoisotopic (exact) mass is 247 g/mol. The average molecular weight is 247 g/mol. The minimum absolute atomic E-state index is 0.0115. The summed E-state index contributed by atoms with van der Waals surface area (Å²) in [5.41, 5.74) is -0.0115. The van der Waals surface area contributed by atoms with Crippen LogP contribution in [0.3, 0.4) is 0 Å². The first kappa shape index (κ1) is 14.3. The van der Waals surface area contributed by atoms with Crippen LogP contribution in [0.4, 0.5) is 0 Å². The fraction of sp³-hybridized carbons (Fsp3) is 1.00. The first-order chi connectivity index (χ1) is 7.63. The Morgan fingerprint density at radius 1 is 1.56 bits per heavy atom. The molecule has 96 valence electrons. The molecule has 0 amide bonds. The highest BCUT2D eigenvalue weighted by atomic mass is 32.2. The maximum atomic E-state index is 9.51. The van der Waals surface area contributed by atoms with Crippen LogP contribution < -0.4 is 0 Å². The molecule has 0 aromatic rings. The minimum Gasteiger partial charge on any atom is -0.396 e. The summed E-state index contributed by atoms with van der Waals surface area (Å²) in [4.78, 5) is 2.36. The molecule has 2 unspecified atom stereocenters. The Bertz CT molecular complexity index is 195. The zero-order valence-corrected chi connectivity index (χ0v) is 11.6. The number of hydrogen-bond donors (Lipinski definition) is 1. The van der Waals surface area contributed by atoms with E-state index in [1.807, 2.05) is 11.8 Å². The third-order valence-electron chi connectivity index (χ3n) is 3.60. The zero-order chi connectivity index (χ0) is 12.0. The highest BCUT2D eigenvalue weighted by Crippen LogP contribution is 2.29. The van der Waals surface area contributed by atoms with Crippen LogP contribution in [0.15, 0.2) is 0 Å². The molecule has 4 heteroatoms. The predicted molar refractivity (Wildman–Crippen MR) is 70.0 cm³/mol. The zero-order valence-electron chi connectivity index (χ0n) is 10.7. The van der Waals surface area contributed by atoms with Crippen LogP contribution in [0, 0.1) is 5.41 Å². The van der Waals surface area contributed by atoms with Gasteiger partial charge in [0.2, 0.25) is 0 Å². The van der Waals surface area contributed by atoms with Gasteiger partial charge in [-0.2, -0.15) is 11.8 Å². The molecule has 2 atom stereocenters. The van der Waals surface area contributed by atoms with Crippen LogP contribution >= 0.6 is 11.8 Å². The number of aliphatic hydroxyl groups is 1. The summed E-state index contributed by atoms with van der Waals surface area (Å²) >= 11 is 1.89. The molecule has 0 saturated carbocycles. The Hall–Kier alpha value is 0.230. The van der Waals surface area contributed by atoms with Gasteiger partial charge >= 0.3 is 0 Å². The molecule has 3 nitrogen and oxygen atoms in total. The van der Waals surface area contributed by atoms with Gasteiger partial charge in [0.15, 0.2) is 0 Å². The normalized spacial score (nSPS) is 27.6. The molecule has 0 radical (unpaired) electrons. The molecule has 16 heavy (non-hydrogen) atoms. The lowest BCUT2D eigenvalue weighted by molar-refractivity contribution is 0.0537. The molecule has 0 spiro atoms. The van der Waals surface area contributed by atoms with Crippen LogP contribution in [0.25, 0.3) is 0 Å². The lowest BCUT2D eigenvalue weighted by Crippen LogP contribution is -2.42.